The van der Waals surface area contributed by atoms with E-state index < -0.39 is 0 Å². The second kappa shape index (κ2) is 8.75. The van der Waals surface area contributed by atoms with Crippen LogP contribution in [0.2, 0.25) is 0 Å². The number of aromatic nitrogens is 3. The van der Waals surface area contributed by atoms with E-state index in [1.807, 2.05) is 38.1 Å². The van der Waals surface area contributed by atoms with Gasteiger partial charge in [0.05, 0.1) is 6.10 Å². The molecule has 0 bridgehead atoms. The summed E-state index contributed by atoms with van der Waals surface area (Å²) < 4.78 is 5.59. The number of carbonyl (C=O) groups is 1. The van der Waals surface area contributed by atoms with Gasteiger partial charge < -0.3 is 15.4 Å². The van der Waals surface area contributed by atoms with Crippen molar-refractivity contribution in [3.63, 3.8) is 0 Å². The maximum Gasteiger partial charge on any atom is 0.274 e. The zero-order valence-electron chi connectivity index (χ0n) is 15.2. The average molecular weight is 363 g/mol. The molecule has 138 valence electrons. The van der Waals surface area contributed by atoms with Crippen LogP contribution in [0, 0.1) is 0 Å². The number of ether oxygens (including phenoxy) is 1. The van der Waals surface area contributed by atoms with Crippen LogP contribution in [-0.2, 0) is 6.54 Å². The third kappa shape index (κ3) is 5.50. The molecule has 0 atom stereocenters. The molecule has 0 unspecified atom stereocenters. The molecule has 2 heterocycles. The predicted octanol–water partition coefficient (Wildman–Crippen LogP) is 3.52. The average Bonchev–Trinajstić information content (AvgIpc) is 2.68. The molecule has 1 aromatic carbocycles. The standard InChI is InChI=1S/C20H21N5O2/c1-14(2)27-17-5-3-16(4-6-17)25-20(26)18-11-19(24-13-23-18)22-12-15-7-9-21-10-8-15/h3-11,13-14H,12H2,1-2H3,(H,25,26)(H,22,23,24). The number of benzene rings is 1. The first-order valence-electron chi connectivity index (χ1n) is 8.63. The predicted molar refractivity (Wildman–Crippen MR) is 104 cm³/mol. The summed E-state index contributed by atoms with van der Waals surface area (Å²) in [4.78, 5) is 24.6. The minimum atomic E-state index is -0.304. The first-order chi connectivity index (χ1) is 13.1. The Kier molecular flexibility index (Phi) is 5.94. The Morgan fingerprint density at radius 3 is 2.52 bits per heavy atom. The highest BCUT2D eigenvalue weighted by molar-refractivity contribution is 6.03. The molecule has 7 nitrogen and oxygen atoms in total. The molecule has 3 rings (SSSR count). The molecule has 0 saturated carbocycles. The van der Waals surface area contributed by atoms with Crippen molar-refractivity contribution in [1.29, 1.82) is 0 Å². The van der Waals surface area contributed by atoms with Gasteiger partial charge >= 0.3 is 0 Å². The van der Waals surface area contributed by atoms with E-state index in [-0.39, 0.29) is 17.7 Å². The van der Waals surface area contributed by atoms with Crippen LogP contribution in [-0.4, -0.2) is 27.0 Å². The largest absolute Gasteiger partial charge is 0.491 e. The summed E-state index contributed by atoms with van der Waals surface area (Å²) in [5.74, 6) is 1.03. The third-order valence-electron chi connectivity index (χ3n) is 3.61. The lowest BCUT2D eigenvalue weighted by Gasteiger charge is -2.11. The highest BCUT2D eigenvalue weighted by atomic mass is 16.5. The highest BCUT2D eigenvalue weighted by Gasteiger charge is 2.09. The molecule has 0 saturated heterocycles. The van der Waals surface area contributed by atoms with Crippen molar-refractivity contribution in [2.75, 3.05) is 10.6 Å². The van der Waals surface area contributed by atoms with E-state index in [2.05, 4.69) is 25.6 Å². The molecule has 0 aliphatic rings. The molecular weight excluding hydrogens is 342 g/mol. The van der Waals surface area contributed by atoms with Crippen LogP contribution in [0.5, 0.6) is 5.75 Å². The van der Waals surface area contributed by atoms with Crippen LogP contribution >= 0.6 is 0 Å². The second-order valence-corrected chi connectivity index (χ2v) is 6.14. The van der Waals surface area contributed by atoms with E-state index in [9.17, 15) is 4.79 Å². The number of hydrogen-bond acceptors (Lipinski definition) is 6. The fourth-order valence-corrected chi connectivity index (χ4v) is 2.36. The lowest BCUT2D eigenvalue weighted by molar-refractivity contribution is 0.102. The van der Waals surface area contributed by atoms with Gasteiger partial charge in [0.25, 0.3) is 5.91 Å². The van der Waals surface area contributed by atoms with E-state index in [4.69, 9.17) is 4.74 Å². The number of pyridine rings is 1. The van der Waals surface area contributed by atoms with Crippen LogP contribution in [0.1, 0.15) is 29.9 Å². The molecule has 0 spiro atoms. The fourth-order valence-electron chi connectivity index (χ4n) is 2.36. The van der Waals surface area contributed by atoms with E-state index >= 15 is 0 Å². The molecule has 7 heteroatoms. The van der Waals surface area contributed by atoms with Gasteiger partial charge in [0.15, 0.2) is 0 Å². The number of rotatable bonds is 7. The van der Waals surface area contributed by atoms with Gasteiger partial charge in [0.2, 0.25) is 0 Å². The Balaban J connectivity index is 1.61. The minimum absolute atomic E-state index is 0.101. The SMILES string of the molecule is CC(C)Oc1ccc(NC(=O)c2cc(NCc3ccncc3)ncn2)cc1. The summed E-state index contributed by atoms with van der Waals surface area (Å²) in [6.45, 7) is 4.51. The zero-order valence-corrected chi connectivity index (χ0v) is 15.2. The number of amides is 1. The van der Waals surface area contributed by atoms with Gasteiger partial charge in [-0.2, -0.15) is 0 Å². The topological polar surface area (TPSA) is 89.0 Å². The Bertz CT molecular complexity index is 882. The summed E-state index contributed by atoms with van der Waals surface area (Å²) in [5, 5.41) is 5.99. The molecule has 1 amide bonds. The summed E-state index contributed by atoms with van der Waals surface area (Å²) >= 11 is 0. The molecule has 2 N–H and O–H groups in total. The van der Waals surface area contributed by atoms with Gasteiger partial charge in [0.1, 0.15) is 23.6 Å². The van der Waals surface area contributed by atoms with E-state index in [1.54, 1.807) is 30.6 Å². The highest BCUT2D eigenvalue weighted by Crippen LogP contribution is 2.17. The zero-order chi connectivity index (χ0) is 19.1. The number of nitrogens with zero attached hydrogens (tertiary/aromatic N) is 3. The molecular formula is C20H21N5O2. The van der Waals surface area contributed by atoms with Crippen molar-refractivity contribution in [3.05, 3.63) is 72.4 Å². The van der Waals surface area contributed by atoms with Crippen molar-refractivity contribution in [2.45, 2.75) is 26.5 Å². The number of anilines is 2. The Morgan fingerprint density at radius 2 is 1.81 bits per heavy atom. The van der Waals surface area contributed by atoms with Crippen molar-refractivity contribution in [3.8, 4) is 5.75 Å². The van der Waals surface area contributed by atoms with Crippen molar-refractivity contribution in [1.82, 2.24) is 15.0 Å². The van der Waals surface area contributed by atoms with Crippen molar-refractivity contribution >= 4 is 17.4 Å². The molecule has 0 fully saturated rings. The van der Waals surface area contributed by atoms with E-state index in [1.165, 1.54) is 6.33 Å². The second-order valence-electron chi connectivity index (χ2n) is 6.14. The van der Waals surface area contributed by atoms with Crippen LogP contribution in [0.3, 0.4) is 0 Å². The molecule has 0 aliphatic carbocycles. The molecule has 2 aromatic heterocycles. The lowest BCUT2D eigenvalue weighted by atomic mass is 10.2. The fraction of sp³-hybridized carbons (Fsp3) is 0.200. The van der Waals surface area contributed by atoms with Gasteiger partial charge in [-0.3, -0.25) is 9.78 Å². The van der Waals surface area contributed by atoms with Crippen LogP contribution in [0.25, 0.3) is 0 Å². The lowest BCUT2D eigenvalue weighted by Crippen LogP contribution is -2.14. The molecule has 0 radical (unpaired) electrons. The third-order valence-corrected chi connectivity index (χ3v) is 3.61. The molecule has 0 aliphatic heterocycles. The molecule has 27 heavy (non-hydrogen) atoms. The van der Waals surface area contributed by atoms with Crippen LogP contribution < -0.4 is 15.4 Å². The maximum absolute atomic E-state index is 12.4. The Labute approximate surface area is 157 Å². The summed E-state index contributed by atoms with van der Waals surface area (Å²) in [7, 11) is 0. The normalized spacial score (nSPS) is 10.5. The summed E-state index contributed by atoms with van der Waals surface area (Å²) in [6, 6.07) is 12.7. The van der Waals surface area contributed by atoms with Crippen molar-refractivity contribution in [2.24, 2.45) is 0 Å². The Morgan fingerprint density at radius 1 is 1.07 bits per heavy atom. The van der Waals surface area contributed by atoms with Crippen molar-refractivity contribution < 1.29 is 9.53 Å². The summed E-state index contributed by atoms with van der Waals surface area (Å²) in [5.41, 5.74) is 2.02. The van der Waals surface area contributed by atoms with E-state index in [0.717, 1.165) is 11.3 Å². The Hall–Kier alpha value is -3.48. The number of hydrogen-bond donors (Lipinski definition) is 2. The minimum Gasteiger partial charge on any atom is -0.491 e. The smallest absolute Gasteiger partial charge is 0.274 e. The maximum atomic E-state index is 12.4. The first-order valence-corrected chi connectivity index (χ1v) is 8.63. The summed E-state index contributed by atoms with van der Waals surface area (Å²) in [6.07, 6.45) is 4.92. The van der Waals surface area contributed by atoms with Gasteiger partial charge in [-0.1, -0.05) is 0 Å². The van der Waals surface area contributed by atoms with Gasteiger partial charge in [-0.15, -0.1) is 0 Å². The van der Waals surface area contributed by atoms with Gasteiger partial charge in [-0.25, -0.2) is 9.97 Å². The van der Waals surface area contributed by atoms with Gasteiger partial charge in [0, 0.05) is 30.7 Å². The van der Waals surface area contributed by atoms with E-state index in [0.29, 0.717) is 18.1 Å². The molecule has 3 aromatic rings. The first kappa shape index (κ1) is 18.3. The quantitative estimate of drug-likeness (QED) is 0.668. The van der Waals surface area contributed by atoms with Crippen LogP contribution in [0.4, 0.5) is 11.5 Å². The van der Waals surface area contributed by atoms with Crippen LogP contribution in [0.15, 0.2) is 61.2 Å². The van der Waals surface area contributed by atoms with Gasteiger partial charge in [-0.05, 0) is 55.8 Å². The number of carbonyl (C=O) groups excluding carboxylic acids is 1. The number of nitrogens with one attached hydrogen (secondary N) is 2. The monoisotopic (exact) mass is 363 g/mol.